The molecule has 0 radical (unpaired) electrons. The number of aryl methyl sites for hydroxylation is 3. The molecule has 2 heterocycles. The van der Waals surface area contributed by atoms with Crippen molar-refractivity contribution in [3.05, 3.63) is 57.3 Å². The molecule has 2 aromatic heterocycles. The summed E-state index contributed by atoms with van der Waals surface area (Å²) in [5, 5.41) is 8.50. The van der Waals surface area contributed by atoms with Gasteiger partial charge >= 0.3 is 0 Å². The summed E-state index contributed by atoms with van der Waals surface area (Å²) in [6.45, 7) is 0. The second-order valence-electron chi connectivity index (χ2n) is 6.75. The van der Waals surface area contributed by atoms with E-state index in [1.165, 1.54) is 46.9 Å². The monoisotopic (exact) mass is 430 g/mol. The Morgan fingerprint density at radius 3 is 2.62 bits per heavy atom. The smallest absolute Gasteiger partial charge is 0.257 e. The zero-order valence-corrected chi connectivity index (χ0v) is 17.2. The molecule has 1 aromatic carbocycles. The molecule has 6 nitrogen and oxygen atoms in total. The lowest BCUT2D eigenvalue weighted by molar-refractivity contribution is -0.116. The van der Waals surface area contributed by atoms with Crippen molar-refractivity contribution < 1.29 is 14.0 Å². The second-order valence-corrected chi connectivity index (χ2v) is 8.69. The minimum atomic E-state index is -0.394. The highest BCUT2D eigenvalue weighted by atomic mass is 32.1. The van der Waals surface area contributed by atoms with E-state index in [0.29, 0.717) is 28.7 Å². The molecule has 150 valence electrons. The van der Waals surface area contributed by atoms with Gasteiger partial charge < -0.3 is 5.32 Å². The second kappa shape index (κ2) is 8.79. The van der Waals surface area contributed by atoms with Crippen molar-refractivity contribution in [1.82, 2.24) is 9.97 Å². The number of fused-ring (bicyclic) bond motifs is 1. The van der Waals surface area contributed by atoms with Crippen LogP contribution in [-0.4, -0.2) is 21.8 Å². The van der Waals surface area contributed by atoms with Crippen molar-refractivity contribution in [3.63, 3.8) is 0 Å². The zero-order chi connectivity index (χ0) is 20.2. The van der Waals surface area contributed by atoms with E-state index in [9.17, 15) is 14.0 Å². The number of rotatable bonds is 6. The van der Waals surface area contributed by atoms with Crippen LogP contribution in [0.25, 0.3) is 0 Å². The first kappa shape index (κ1) is 19.7. The molecule has 0 unspecified atom stereocenters. The summed E-state index contributed by atoms with van der Waals surface area (Å²) in [5.41, 5.74) is 2.21. The molecule has 3 aromatic rings. The molecule has 1 aliphatic carbocycles. The quantitative estimate of drug-likeness (QED) is 0.606. The molecule has 2 N–H and O–H groups in total. The summed E-state index contributed by atoms with van der Waals surface area (Å²) in [5.74, 6) is -0.841. The van der Waals surface area contributed by atoms with Crippen LogP contribution in [0, 0.1) is 5.82 Å². The molecular weight excluding hydrogens is 411 g/mol. The van der Waals surface area contributed by atoms with Crippen molar-refractivity contribution in [3.8, 4) is 0 Å². The molecule has 9 heteroatoms. The van der Waals surface area contributed by atoms with Crippen LogP contribution >= 0.6 is 22.7 Å². The van der Waals surface area contributed by atoms with E-state index in [1.54, 1.807) is 11.3 Å². The molecule has 29 heavy (non-hydrogen) atoms. The Labute approximate surface area is 175 Å². The summed E-state index contributed by atoms with van der Waals surface area (Å²) in [7, 11) is 0. The maximum absolute atomic E-state index is 12.9. The fraction of sp³-hybridized carbons (Fsp3) is 0.300. The van der Waals surface area contributed by atoms with Crippen LogP contribution in [0.15, 0.2) is 29.6 Å². The molecule has 0 saturated heterocycles. The number of benzene rings is 1. The lowest BCUT2D eigenvalue weighted by atomic mass is 10.0. The number of carbonyl (C=O) groups excluding carboxylic acids is 2. The van der Waals surface area contributed by atoms with Gasteiger partial charge in [-0.1, -0.05) is 0 Å². The Morgan fingerprint density at radius 1 is 1.03 bits per heavy atom. The minimum absolute atomic E-state index is 0.0963. The molecular formula is C20H19FN4O2S2. The van der Waals surface area contributed by atoms with Crippen LogP contribution in [0.1, 0.15) is 45.9 Å². The van der Waals surface area contributed by atoms with Gasteiger partial charge in [0.05, 0.1) is 11.4 Å². The van der Waals surface area contributed by atoms with Gasteiger partial charge in [-0.3, -0.25) is 14.9 Å². The number of nitrogens with one attached hydrogen (secondary N) is 2. The predicted octanol–water partition coefficient (Wildman–Crippen LogP) is 4.44. The minimum Gasteiger partial charge on any atom is -0.302 e. The molecule has 0 spiro atoms. The number of amides is 2. The standard InChI is InChI=1S/C20H19FN4O2S2/c21-13-7-5-12(6-8-13)18(27)25-19-22-14(11-28-19)9-10-17(26)24-20-23-15-3-1-2-4-16(15)29-20/h5-8,11H,1-4,9-10H2,(H,22,25,27)(H,23,24,26). The van der Waals surface area contributed by atoms with Gasteiger partial charge in [-0.25, -0.2) is 14.4 Å². The van der Waals surface area contributed by atoms with Gasteiger partial charge in [0.25, 0.3) is 5.91 Å². The number of hydrogen-bond donors (Lipinski definition) is 2. The summed E-state index contributed by atoms with van der Waals surface area (Å²) in [6, 6.07) is 5.30. The van der Waals surface area contributed by atoms with Gasteiger partial charge in [0, 0.05) is 22.2 Å². The van der Waals surface area contributed by atoms with Crippen LogP contribution in [0.3, 0.4) is 0 Å². The molecule has 2 amide bonds. The number of carbonyl (C=O) groups is 2. The first-order chi connectivity index (χ1) is 14.1. The Bertz CT molecular complexity index is 1010. The van der Waals surface area contributed by atoms with E-state index in [4.69, 9.17) is 0 Å². The Hall–Kier alpha value is -2.65. The van der Waals surface area contributed by atoms with Gasteiger partial charge in [-0.05, 0) is 56.4 Å². The molecule has 0 atom stereocenters. The highest BCUT2D eigenvalue weighted by molar-refractivity contribution is 7.16. The Balaban J connectivity index is 1.27. The fourth-order valence-corrected chi connectivity index (χ4v) is 4.88. The van der Waals surface area contributed by atoms with E-state index >= 15 is 0 Å². The molecule has 0 aliphatic heterocycles. The molecule has 0 bridgehead atoms. The van der Waals surface area contributed by atoms with Crippen LogP contribution < -0.4 is 10.6 Å². The summed E-state index contributed by atoms with van der Waals surface area (Å²) in [4.78, 5) is 34.5. The summed E-state index contributed by atoms with van der Waals surface area (Å²) in [6.07, 6.45) is 5.15. The van der Waals surface area contributed by atoms with Gasteiger partial charge in [0.2, 0.25) is 5.91 Å². The highest BCUT2D eigenvalue weighted by Crippen LogP contribution is 2.29. The van der Waals surface area contributed by atoms with Crippen molar-refractivity contribution in [2.45, 2.75) is 38.5 Å². The number of halogens is 1. The summed E-state index contributed by atoms with van der Waals surface area (Å²) >= 11 is 2.86. The zero-order valence-electron chi connectivity index (χ0n) is 15.5. The van der Waals surface area contributed by atoms with E-state index in [2.05, 4.69) is 20.6 Å². The number of aromatic nitrogens is 2. The number of thiazole rings is 2. The van der Waals surface area contributed by atoms with E-state index in [0.717, 1.165) is 30.7 Å². The first-order valence-corrected chi connectivity index (χ1v) is 11.1. The third-order valence-electron chi connectivity index (χ3n) is 4.58. The van der Waals surface area contributed by atoms with Crippen LogP contribution in [0.5, 0.6) is 0 Å². The van der Waals surface area contributed by atoms with Crippen molar-refractivity contribution in [2.75, 3.05) is 10.6 Å². The van der Waals surface area contributed by atoms with Crippen molar-refractivity contribution >= 4 is 44.8 Å². The van der Waals surface area contributed by atoms with Crippen LogP contribution in [0.2, 0.25) is 0 Å². The topological polar surface area (TPSA) is 84.0 Å². The number of hydrogen-bond acceptors (Lipinski definition) is 6. The Morgan fingerprint density at radius 2 is 1.83 bits per heavy atom. The molecule has 1 aliphatic rings. The maximum atomic E-state index is 12.9. The fourth-order valence-electron chi connectivity index (χ4n) is 3.08. The van der Waals surface area contributed by atoms with Gasteiger partial charge in [-0.2, -0.15) is 0 Å². The largest absolute Gasteiger partial charge is 0.302 e. The average Bonchev–Trinajstić information content (AvgIpc) is 3.32. The predicted molar refractivity (Wildman–Crippen MR) is 112 cm³/mol. The third kappa shape index (κ3) is 5.04. The average molecular weight is 431 g/mol. The lowest BCUT2D eigenvalue weighted by Crippen LogP contribution is -2.13. The summed E-state index contributed by atoms with van der Waals surface area (Å²) < 4.78 is 12.9. The van der Waals surface area contributed by atoms with Crippen LogP contribution in [-0.2, 0) is 24.1 Å². The molecule has 0 fully saturated rings. The SMILES string of the molecule is O=C(CCc1csc(NC(=O)c2ccc(F)cc2)n1)Nc1nc2c(s1)CCCC2. The maximum Gasteiger partial charge on any atom is 0.257 e. The lowest BCUT2D eigenvalue weighted by Gasteiger charge is -2.06. The van der Waals surface area contributed by atoms with E-state index in [1.807, 2.05) is 5.38 Å². The van der Waals surface area contributed by atoms with E-state index in [-0.39, 0.29) is 11.8 Å². The molecule has 0 saturated carbocycles. The van der Waals surface area contributed by atoms with Crippen molar-refractivity contribution in [2.24, 2.45) is 0 Å². The highest BCUT2D eigenvalue weighted by Gasteiger charge is 2.16. The van der Waals surface area contributed by atoms with Crippen LogP contribution in [0.4, 0.5) is 14.7 Å². The number of nitrogens with zero attached hydrogens (tertiary/aromatic N) is 2. The van der Waals surface area contributed by atoms with Gasteiger partial charge in [-0.15, -0.1) is 22.7 Å². The Kier molecular flexibility index (Phi) is 5.96. The van der Waals surface area contributed by atoms with Crippen molar-refractivity contribution in [1.29, 1.82) is 0 Å². The van der Waals surface area contributed by atoms with Gasteiger partial charge in [0.1, 0.15) is 5.82 Å². The first-order valence-electron chi connectivity index (χ1n) is 9.36. The third-order valence-corrected chi connectivity index (χ3v) is 6.46. The van der Waals surface area contributed by atoms with Gasteiger partial charge in [0.15, 0.2) is 10.3 Å². The van der Waals surface area contributed by atoms with E-state index < -0.39 is 5.82 Å². The normalized spacial score (nSPS) is 13.0. The number of anilines is 2. The molecule has 4 rings (SSSR count).